The quantitative estimate of drug-likeness (QED) is 0.757. The van der Waals surface area contributed by atoms with Gasteiger partial charge in [0.1, 0.15) is 18.0 Å². The number of nitrogens with zero attached hydrogens (tertiary/aromatic N) is 2. The Labute approximate surface area is 163 Å². The molecule has 0 aliphatic carbocycles. The summed E-state index contributed by atoms with van der Waals surface area (Å²) in [6.07, 6.45) is 5.61. The second kappa shape index (κ2) is 9.28. The van der Waals surface area contributed by atoms with E-state index in [1.54, 1.807) is 12.6 Å². The highest BCUT2D eigenvalue weighted by atomic mass is 32.2. The van der Waals surface area contributed by atoms with Gasteiger partial charge < -0.3 is 15.4 Å². The van der Waals surface area contributed by atoms with Crippen molar-refractivity contribution >= 4 is 22.4 Å². The van der Waals surface area contributed by atoms with Gasteiger partial charge in [0.15, 0.2) is 0 Å². The van der Waals surface area contributed by atoms with Gasteiger partial charge >= 0.3 is 0 Å². The molecule has 146 valence electrons. The molecule has 1 aromatic heterocycles. The van der Waals surface area contributed by atoms with Crippen molar-refractivity contribution < 1.29 is 8.95 Å². The average Bonchev–Trinajstić information content (AvgIpc) is 2.67. The molecule has 3 atom stereocenters. The molecule has 27 heavy (non-hydrogen) atoms. The molecule has 0 amide bonds. The van der Waals surface area contributed by atoms with Gasteiger partial charge in [-0.3, -0.25) is 4.21 Å². The van der Waals surface area contributed by atoms with Gasteiger partial charge in [0, 0.05) is 41.2 Å². The molecule has 0 spiro atoms. The van der Waals surface area contributed by atoms with E-state index in [2.05, 4.69) is 34.4 Å². The zero-order valence-electron chi connectivity index (χ0n) is 16.1. The van der Waals surface area contributed by atoms with Crippen molar-refractivity contribution in [2.24, 2.45) is 5.92 Å². The summed E-state index contributed by atoms with van der Waals surface area (Å²) in [6, 6.07) is 9.96. The van der Waals surface area contributed by atoms with Gasteiger partial charge in [-0.1, -0.05) is 26.0 Å². The van der Waals surface area contributed by atoms with Crippen LogP contribution in [0.4, 0.5) is 11.6 Å². The largest absolute Gasteiger partial charge is 0.376 e. The van der Waals surface area contributed by atoms with Gasteiger partial charge in [-0.25, -0.2) is 9.97 Å². The number of nitrogens with one attached hydrogen (secondary N) is 2. The highest BCUT2D eigenvalue weighted by Gasteiger charge is 2.28. The lowest BCUT2D eigenvalue weighted by molar-refractivity contribution is -0.0203. The Morgan fingerprint density at radius 1 is 1.22 bits per heavy atom. The Kier molecular flexibility index (Phi) is 6.79. The zero-order valence-corrected chi connectivity index (χ0v) is 17.0. The van der Waals surface area contributed by atoms with E-state index in [0.717, 1.165) is 41.5 Å². The first-order valence-corrected chi connectivity index (χ1v) is 10.9. The van der Waals surface area contributed by atoms with E-state index in [4.69, 9.17) is 4.74 Å². The molecule has 3 rings (SSSR count). The first-order chi connectivity index (χ1) is 13.0. The summed E-state index contributed by atoms with van der Waals surface area (Å²) in [5.74, 6) is 2.04. The lowest BCUT2D eigenvalue weighted by Gasteiger charge is -2.35. The Morgan fingerprint density at radius 2 is 1.96 bits per heavy atom. The molecule has 3 unspecified atom stereocenters. The minimum absolute atomic E-state index is 0.202. The average molecular weight is 389 g/mol. The van der Waals surface area contributed by atoms with Crippen molar-refractivity contribution in [3.8, 4) is 0 Å². The predicted octanol–water partition coefficient (Wildman–Crippen LogP) is 3.44. The Morgan fingerprint density at radius 3 is 2.67 bits per heavy atom. The second-order valence-electron chi connectivity index (χ2n) is 7.21. The van der Waals surface area contributed by atoms with Crippen LogP contribution in [0.1, 0.15) is 32.3 Å². The van der Waals surface area contributed by atoms with Crippen molar-refractivity contribution in [3.05, 3.63) is 42.2 Å². The number of benzene rings is 1. The zero-order chi connectivity index (χ0) is 19.2. The Bertz CT molecular complexity index is 767. The lowest BCUT2D eigenvalue weighted by Crippen LogP contribution is -2.43. The molecule has 1 aromatic carbocycles. The minimum atomic E-state index is -0.950. The van der Waals surface area contributed by atoms with Gasteiger partial charge in [0.2, 0.25) is 0 Å². The highest BCUT2D eigenvalue weighted by molar-refractivity contribution is 7.84. The predicted molar refractivity (Wildman–Crippen MR) is 109 cm³/mol. The van der Waals surface area contributed by atoms with E-state index in [0.29, 0.717) is 12.5 Å². The maximum Gasteiger partial charge on any atom is 0.131 e. The van der Waals surface area contributed by atoms with Crippen LogP contribution in [0.15, 0.2) is 41.6 Å². The van der Waals surface area contributed by atoms with E-state index in [-0.39, 0.29) is 12.1 Å². The third-order valence-corrected chi connectivity index (χ3v) is 5.69. The van der Waals surface area contributed by atoms with Gasteiger partial charge in [-0.15, -0.1) is 0 Å². The van der Waals surface area contributed by atoms with Crippen LogP contribution in [0.2, 0.25) is 0 Å². The third kappa shape index (κ3) is 5.49. The van der Waals surface area contributed by atoms with Crippen LogP contribution in [-0.2, 0) is 22.1 Å². The van der Waals surface area contributed by atoms with E-state index in [1.165, 1.54) is 0 Å². The van der Waals surface area contributed by atoms with E-state index in [9.17, 15) is 4.21 Å². The summed E-state index contributed by atoms with van der Waals surface area (Å²) in [7, 11) is -0.950. The molecule has 2 heterocycles. The molecule has 1 saturated heterocycles. The van der Waals surface area contributed by atoms with Crippen molar-refractivity contribution in [3.63, 3.8) is 0 Å². The molecular weight excluding hydrogens is 360 g/mol. The maximum absolute atomic E-state index is 11.5. The Hall–Kier alpha value is -1.99. The lowest BCUT2D eigenvalue weighted by atomic mass is 9.94. The van der Waals surface area contributed by atoms with Crippen LogP contribution in [-0.4, -0.2) is 39.2 Å². The first kappa shape index (κ1) is 19.8. The van der Waals surface area contributed by atoms with Crippen LogP contribution in [0.3, 0.4) is 0 Å². The summed E-state index contributed by atoms with van der Waals surface area (Å²) in [5, 5.41) is 6.84. The van der Waals surface area contributed by atoms with Crippen LogP contribution in [0, 0.1) is 5.92 Å². The number of rotatable bonds is 7. The molecule has 1 fully saturated rings. The first-order valence-electron chi connectivity index (χ1n) is 9.39. The van der Waals surface area contributed by atoms with Crippen molar-refractivity contribution in [2.75, 3.05) is 23.5 Å². The summed E-state index contributed by atoms with van der Waals surface area (Å²) in [4.78, 5) is 9.50. The number of hydrogen-bond donors (Lipinski definition) is 2. The molecule has 2 N–H and O–H groups in total. The number of anilines is 2. The molecule has 2 aromatic rings. The summed E-state index contributed by atoms with van der Waals surface area (Å²) in [6.45, 7) is 5.87. The van der Waals surface area contributed by atoms with Gasteiger partial charge in [-0.2, -0.15) is 0 Å². The SMILES string of the molecule is CC(C)C1OCCCC1Nc1cc(NCc2ccc(S(C)=O)cc2)ncn1. The standard InChI is InChI=1S/C20H28N4O2S/c1-14(2)20-17(5-4-10-26-20)24-19-11-18(22-13-23-19)21-12-15-6-8-16(9-7-15)27(3)25/h6-9,11,13-14,17,20H,4-5,10,12H2,1-3H3,(H2,21,22,23,24). The maximum atomic E-state index is 11.5. The molecule has 6 nitrogen and oxygen atoms in total. The molecule has 0 saturated carbocycles. The summed E-state index contributed by atoms with van der Waals surface area (Å²) in [5.41, 5.74) is 1.11. The number of ether oxygens (including phenoxy) is 1. The van der Waals surface area contributed by atoms with Crippen LogP contribution in [0.5, 0.6) is 0 Å². The van der Waals surface area contributed by atoms with Gasteiger partial charge in [0.25, 0.3) is 0 Å². The van der Waals surface area contributed by atoms with Crippen LogP contribution < -0.4 is 10.6 Å². The smallest absolute Gasteiger partial charge is 0.131 e. The summed E-state index contributed by atoms with van der Waals surface area (Å²) < 4.78 is 17.4. The third-order valence-electron chi connectivity index (χ3n) is 4.75. The van der Waals surface area contributed by atoms with E-state index < -0.39 is 10.8 Å². The van der Waals surface area contributed by atoms with Crippen molar-refractivity contribution in [1.29, 1.82) is 0 Å². The molecule has 0 radical (unpaired) electrons. The molecule has 1 aliphatic heterocycles. The highest BCUT2D eigenvalue weighted by Crippen LogP contribution is 2.24. The van der Waals surface area contributed by atoms with E-state index >= 15 is 0 Å². The second-order valence-corrected chi connectivity index (χ2v) is 8.59. The van der Waals surface area contributed by atoms with E-state index in [1.807, 2.05) is 30.3 Å². The summed E-state index contributed by atoms with van der Waals surface area (Å²) >= 11 is 0. The fourth-order valence-electron chi connectivity index (χ4n) is 3.33. The fourth-order valence-corrected chi connectivity index (χ4v) is 3.85. The number of hydrogen-bond acceptors (Lipinski definition) is 6. The monoisotopic (exact) mass is 388 g/mol. The number of aromatic nitrogens is 2. The molecule has 1 aliphatic rings. The normalized spacial score (nSPS) is 21.0. The van der Waals surface area contributed by atoms with Crippen LogP contribution in [0.25, 0.3) is 0 Å². The molecular formula is C20H28N4O2S. The van der Waals surface area contributed by atoms with Crippen molar-refractivity contribution in [1.82, 2.24) is 9.97 Å². The Balaban J connectivity index is 1.60. The van der Waals surface area contributed by atoms with Crippen LogP contribution >= 0.6 is 0 Å². The molecule has 7 heteroatoms. The van der Waals surface area contributed by atoms with Gasteiger partial charge in [0.05, 0.1) is 12.1 Å². The molecule has 0 bridgehead atoms. The fraction of sp³-hybridized carbons (Fsp3) is 0.500. The topological polar surface area (TPSA) is 76.1 Å². The minimum Gasteiger partial charge on any atom is -0.376 e. The van der Waals surface area contributed by atoms with Crippen molar-refractivity contribution in [2.45, 2.75) is 50.3 Å². The van der Waals surface area contributed by atoms with Gasteiger partial charge in [-0.05, 0) is 36.5 Å².